The van der Waals surface area contributed by atoms with Gasteiger partial charge in [-0.2, -0.15) is 0 Å². The third-order valence-electron chi connectivity index (χ3n) is 2.76. The molecule has 9 nitrogen and oxygen atoms in total. The Bertz CT molecular complexity index is 664. The summed E-state index contributed by atoms with van der Waals surface area (Å²) in [6.45, 7) is 1.65. The summed E-state index contributed by atoms with van der Waals surface area (Å²) in [5.74, 6) is 0.587. The van der Waals surface area contributed by atoms with Crippen LogP contribution < -0.4 is 0 Å². The molecule has 0 aliphatic carbocycles. The molecular formula is C10H11N4O5S-. The van der Waals surface area contributed by atoms with E-state index in [-0.39, 0.29) is 24.0 Å². The molecule has 0 N–H and O–H groups in total. The molecule has 0 aliphatic rings. The molecular weight excluding hydrogens is 288 g/mol. The predicted octanol–water partition coefficient (Wildman–Crippen LogP) is 0.788. The van der Waals surface area contributed by atoms with Crippen molar-refractivity contribution in [2.45, 2.75) is 18.6 Å². The summed E-state index contributed by atoms with van der Waals surface area (Å²) in [6, 6.07) is 0. The van der Waals surface area contributed by atoms with Gasteiger partial charge in [0.05, 0.1) is 19.7 Å². The monoisotopic (exact) mass is 299 g/mol. The minimum Gasteiger partial charge on any atom is -0.772 e. The summed E-state index contributed by atoms with van der Waals surface area (Å²) in [4.78, 5) is 17.9. The number of imidazole rings is 1. The third kappa shape index (κ3) is 2.75. The summed E-state index contributed by atoms with van der Waals surface area (Å²) in [7, 11) is 1.45. The predicted molar refractivity (Wildman–Crippen MR) is 66.5 cm³/mol. The average molecular weight is 299 g/mol. The maximum atomic E-state index is 11.3. The quantitative estimate of drug-likeness (QED) is 0.453. The normalized spacial score (nSPS) is 14.2. The minimum absolute atomic E-state index is 0.0430. The van der Waals surface area contributed by atoms with Crippen LogP contribution in [0.5, 0.6) is 0 Å². The van der Waals surface area contributed by atoms with Gasteiger partial charge in [0.2, 0.25) is 5.89 Å². The van der Waals surface area contributed by atoms with Gasteiger partial charge in [0.15, 0.2) is 5.82 Å². The second-order valence-corrected chi connectivity index (χ2v) is 5.20. The van der Waals surface area contributed by atoms with Crippen LogP contribution in [0.2, 0.25) is 0 Å². The number of aromatic nitrogens is 3. The maximum absolute atomic E-state index is 11.3. The molecule has 108 valence electrons. The van der Waals surface area contributed by atoms with Crippen molar-refractivity contribution in [3.8, 4) is 0 Å². The molecule has 20 heavy (non-hydrogen) atoms. The SMILES string of the molecule is Cc1cnc(C(Cc2ncc([N+](=O)[O-])n2C)S(=O)[O-])o1. The summed E-state index contributed by atoms with van der Waals surface area (Å²) in [5.41, 5.74) is 0. The lowest BCUT2D eigenvalue weighted by molar-refractivity contribution is -0.391. The Hall–Kier alpha value is -2.07. The van der Waals surface area contributed by atoms with Crippen LogP contribution in [0, 0.1) is 17.0 Å². The Morgan fingerprint density at radius 2 is 2.20 bits per heavy atom. The van der Waals surface area contributed by atoms with Gasteiger partial charge in [-0.15, -0.1) is 0 Å². The molecule has 0 spiro atoms. The van der Waals surface area contributed by atoms with Gasteiger partial charge in [0, 0.05) is 0 Å². The number of hydrogen-bond donors (Lipinski definition) is 0. The average Bonchev–Trinajstić information content (AvgIpc) is 2.92. The van der Waals surface area contributed by atoms with E-state index >= 15 is 0 Å². The Labute approximate surface area is 116 Å². The topological polar surface area (TPSA) is 127 Å². The molecule has 0 radical (unpaired) electrons. The third-order valence-corrected chi connectivity index (χ3v) is 3.59. The van der Waals surface area contributed by atoms with Crippen LogP contribution in [0.1, 0.15) is 22.7 Å². The van der Waals surface area contributed by atoms with Crippen LogP contribution in [-0.2, 0) is 24.5 Å². The number of hydrogen-bond acceptors (Lipinski definition) is 7. The first kappa shape index (κ1) is 14.3. The molecule has 0 bridgehead atoms. The van der Waals surface area contributed by atoms with Crippen molar-refractivity contribution < 1.29 is 18.1 Å². The van der Waals surface area contributed by atoms with Gasteiger partial charge in [-0.05, 0) is 22.9 Å². The molecule has 0 amide bonds. The first-order valence-electron chi connectivity index (χ1n) is 5.55. The molecule has 0 aromatic carbocycles. The van der Waals surface area contributed by atoms with Gasteiger partial charge in [-0.3, -0.25) is 4.21 Å². The lowest BCUT2D eigenvalue weighted by Gasteiger charge is -2.14. The van der Waals surface area contributed by atoms with Crippen LogP contribution in [0.25, 0.3) is 0 Å². The first-order valence-corrected chi connectivity index (χ1v) is 6.69. The van der Waals surface area contributed by atoms with Crippen LogP contribution in [0.3, 0.4) is 0 Å². The zero-order valence-electron chi connectivity index (χ0n) is 10.7. The Morgan fingerprint density at radius 3 is 2.65 bits per heavy atom. The van der Waals surface area contributed by atoms with Gasteiger partial charge in [-0.25, -0.2) is 14.5 Å². The van der Waals surface area contributed by atoms with E-state index in [4.69, 9.17) is 4.42 Å². The van der Waals surface area contributed by atoms with Crippen molar-refractivity contribution in [2.75, 3.05) is 0 Å². The minimum atomic E-state index is -2.48. The molecule has 0 saturated carbocycles. The molecule has 0 saturated heterocycles. The molecule has 2 aromatic heterocycles. The Morgan fingerprint density at radius 1 is 1.50 bits per heavy atom. The van der Waals surface area contributed by atoms with Gasteiger partial charge < -0.3 is 19.1 Å². The summed E-state index contributed by atoms with van der Waals surface area (Å²) < 4.78 is 29.0. The van der Waals surface area contributed by atoms with Gasteiger partial charge in [0.1, 0.15) is 17.2 Å². The molecule has 10 heteroatoms. The fourth-order valence-corrected chi connectivity index (χ4v) is 2.28. The van der Waals surface area contributed by atoms with Crippen molar-refractivity contribution in [1.82, 2.24) is 14.5 Å². The highest BCUT2D eigenvalue weighted by Gasteiger charge is 2.25. The zero-order valence-corrected chi connectivity index (χ0v) is 11.5. The van der Waals surface area contributed by atoms with E-state index in [0.717, 1.165) is 6.20 Å². The number of rotatable bonds is 5. The fraction of sp³-hybridized carbons (Fsp3) is 0.400. The molecule has 2 aromatic rings. The largest absolute Gasteiger partial charge is 0.772 e. The molecule has 2 heterocycles. The van der Waals surface area contributed by atoms with Crippen molar-refractivity contribution in [3.63, 3.8) is 0 Å². The second-order valence-electron chi connectivity index (χ2n) is 4.11. The summed E-state index contributed by atoms with van der Waals surface area (Å²) in [6.07, 6.45) is 2.44. The van der Waals surface area contributed by atoms with Crippen LogP contribution in [0.15, 0.2) is 16.8 Å². The van der Waals surface area contributed by atoms with E-state index in [1.54, 1.807) is 6.92 Å². The molecule has 2 rings (SSSR count). The van der Waals surface area contributed by atoms with Crippen LogP contribution >= 0.6 is 0 Å². The van der Waals surface area contributed by atoms with E-state index < -0.39 is 21.3 Å². The van der Waals surface area contributed by atoms with E-state index in [2.05, 4.69) is 9.97 Å². The number of oxazole rings is 1. The highest BCUT2D eigenvalue weighted by atomic mass is 32.2. The molecule has 0 fully saturated rings. The first-order chi connectivity index (χ1) is 9.40. The van der Waals surface area contributed by atoms with Crippen molar-refractivity contribution >= 4 is 16.9 Å². The Balaban J connectivity index is 2.30. The smallest absolute Gasteiger partial charge is 0.342 e. The molecule has 0 aliphatic heterocycles. The number of aryl methyl sites for hydroxylation is 1. The summed E-state index contributed by atoms with van der Waals surface area (Å²) in [5, 5.41) is 9.68. The summed E-state index contributed by atoms with van der Waals surface area (Å²) >= 11 is -2.48. The van der Waals surface area contributed by atoms with Gasteiger partial charge >= 0.3 is 5.82 Å². The molecule has 2 atom stereocenters. The fourth-order valence-electron chi connectivity index (χ4n) is 1.72. The number of nitrogens with zero attached hydrogens (tertiary/aromatic N) is 4. The van der Waals surface area contributed by atoms with E-state index in [0.29, 0.717) is 5.76 Å². The van der Waals surface area contributed by atoms with Crippen molar-refractivity contribution in [1.29, 1.82) is 0 Å². The highest BCUT2D eigenvalue weighted by Crippen LogP contribution is 2.24. The van der Waals surface area contributed by atoms with Crippen molar-refractivity contribution in [3.05, 3.63) is 40.0 Å². The highest BCUT2D eigenvalue weighted by molar-refractivity contribution is 7.79. The molecule has 2 unspecified atom stereocenters. The van der Waals surface area contributed by atoms with E-state index in [1.807, 2.05) is 0 Å². The van der Waals surface area contributed by atoms with Gasteiger partial charge in [-0.1, -0.05) is 0 Å². The maximum Gasteiger partial charge on any atom is 0.342 e. The van der Waals surface area contributed by atoms with Crippen LogP contribution in [-0.4, -0.2) is 28.2 Å². The second kappa shape index (κ2) is 5.51. The lowest BCUT2D eigenvalue weighted by Crippen LogP contribution is -2.13. The standard InChI is InChI=1S/C10H12N4O5S/c1-6-4-12-10(19-6)7(20(17)18)3-8-11-5-9(13(8)2)14(15)16/h4-5,7H,3H2,1-2H3,(H,17,18)/p-1. The Kier molecular flexibility index (Phi) is 3.95. The lowest BCUT2D eigenvalue weighted by atomic mass is 10.3. The van der Waals surface area contributed by atoms with E-state index in [9.17, 15) is 18.9 Å². The zero-order chi connectivity index (χ0) is 14.9. The van der Waals surface area contributed by atoms with Crippen molar-refractivity contribution in [2.24, 2.45) is 7.05 Å². The van der Waals surface area contributed by atoms with Gasteiger partial charge in [0.25, 0.3) is 0 Å². The van der Waals surface area contributed by atoms with Crippen LogP contribution in [0.4, 0.5) is 5.82 Å². The van der Waals surface area contributed by atoms with E-state index in [1.165, 1.54) is 17.8 Å². The number of nitro groups is 1.